The molecule has 1 atom stereocenters. The van der Waals surface area contributed by atoms with Gasteiger partial charge >= 0.3 is 0 Å². The molecule has 1 aromatic rings. The summed E-state index contributed by atoms with van der Waals surface area (Å²) >= 11 is 0. The number of hydrogen-bond acceptors (Lipinski definition) is 4. The summed E-state index contributed by atoms with van der Waals surface area (Å²) in [5.41, 5.74) is 7.29. The third-order valence-electron chi connectivity index (χ3n) is 4.07. The fourth-order valence-electron chi connectivity index (χ4n) is 2.78. The molecule has 1 aliphatic rings. The van der Waals surface area contributed by atoms with E-state index >= 15 is 0 Å². The van der Waals surface area contributed by atoms with Crippen molar-refractivity contribution >= 4 is 0 Å². The van der Waals surface area contributed by atoms with Gasteiger partial charge in [-0.1, -0.05) is 6.07 Å². The number of aromatic nitrogens is 1. The Labute approximate surface area is 110 Å². The van der Waals surface area contributed by atoms with Crippen molar-refractivity contribution in [2.45, 2.75) is 24.9 Å². The monoisotopic (exact) mass is 248 g/mol. The van der Waals surface area contributed by atoms with Crippen molar-refractivity contribution in [1.29, 1.82) is 0 Å². The summed E-state index contributed by atoms with van der Waals surface area (Å²) in [6, 6.07) is 6.10. The molecule has 4 heteroatoms. The van der Waals surface area contributed by atoms with E-state index in [-0.39, 0.29) is 5.54 Å². The Morgan fingerprint density at radius 1 is 1.44 bits per heavy atom. The molecule has 0 saturated carbocycles. The predicted octanol–water partition coefficient (Wildman–Crippen LogP) is 0.937. The second-order valence-corrected chi connectivity index (χ2v) is 5.46. The molecule has 18 heavy (non-hydrogen) atoms. The molecule has 0 spiro atoms. The lowest BCUT2D eigenvalue weighted by Crippen LogP contribution is -2.60. The van der Waals surface area contributed by atoms with E-state index in [9.17, 15) is 0 Å². The molecule has 0 amide bonds. The van der Waals surface area contributed by atoms with Gasteiger partial charge in [-0.3, -0.25) is 9.88 Å². The van der Waals surface area contributed by atoms with Crippen molar-refractivity contribution in [3.05, 3.63) is 30.1 Å². The molecule has 1 aromatic heterocycles. The Kier molecular flexibility index (Phi) is 4.32. The van der Waals surface area contributed by atoms with Crippen LogP contribution in [0.2, 0.25) is 0 Å². The van der Waals surface area contributed by atoms with Gasteiger partial charge < -0.3 is 10.6 Å². The maximum Gasteiger partial charge on any atom is 0.0543 e. The van der Waals surface area contributed by atoms with E-state index in [1.54, 1.807) is 0 Å². The number of hydrogen-bond donors (Lipinski definition) is 1. The summed E-state index contributed by atoms with van der Waals surface area (Å²) in [4.78, 5) is 9.16. The first kappa shape index (κ1) is 13.5. The molecule has 0 aliphatic carbocycles. The topological polar surface area (TPSA) is 45.4 Å². The van der Waals surface area contributed by atoms with Gasteiger partial charge in [0.2, 0.25) is 0 Å². The maximum atomic E-state index is 6.01. The lowest BCUT2D eigenvalue weighted by Gasteiger charge is -2.46. The molecular weight excluding hydrogens is 224 g/mol. The lowest BCUT2D eigenvalue weighted by atomic mass is 9.87. The van der Waals surface area contributed by atoms with Crippen LogP contribution in [0, 0.1) is 0 Å². The minimum Gasteiger partial charge on any atom is -0.329 e. The van der Waals surface area contributed by atoms with E-state index < -0.39 is 0 Å². The van der Waals surface area contributed by atoms with E-state index in [1.165, 1.54) is 12.8 Å². The van der Waals surface area contributed by atoms with Gasteiger partial charge in [0.1, 0.15) is 0 Å². The SMILES string of the molecule is CN(C)C1(CN)CCCN(Cc2ccccn2)C1. The summed E-state index contributed by atoms with van der Waals surface area (Å²) in [5, 5.41) is 0. The van der Waals surface area contributed by atoms with Crippen LogP contribution in [0.1, 0.15) is 18.5 Å². The minimum absolute atomic E-state index is 0.132. The van der Waals surface area contributed by atoms with Gasteiger partial charge in [-0.05, 0) is 45.6 Å². The molecule has 2 heterocycles. The van der Waals surface area contributed by atoms with Crippen LogP contribution in [0.15, 0.2) is 24.4 Å². The average molecular weight is 248 g/mol. The van der Waals surface area contributed by atoms with Gasteiger partial charge in [-0.25, -0.2) is 0 Å². The van der Waals surface area contributed by atoms with Crippen LogP contribution in [-0.4, -0.2) is 54.1 Å². The molecular formula is C14H24N4. The molecule has 2 N–H and O–H groups in total. The van der Waals surface area contributed by atoms with E-state index in [0.717, 1.165) is 31.9 Å². The quantitative estimate of drug-likeness (QED) is 0.861. The zero-order chi connectivity index (χ0) is 13.0. The van der Waals surface area contributed by atoms with Crippen LogP contribution < -0.4 is 5.73 Å². The highest BCUT2D eigenvalue weighted by atomic mass is 15.2. The molecule has 1 unspecified atom stereocenters. The normalized spacial score (nSPS) is 25.6. The van der Waals surface area contributed by atoms with E-state index in [1.807, 2.05) is 12.3 Å². The van der Waals surface area contributed by atoms with Crippen LogP contribution in [0.5, 0.6) is 0 Å². The molecule has 1 saturated heterocycles. The second-order valence-electron chi connectivity index (χ2n) is 5.46. The minimum atomic E-state index is 0.132. The van der Waals surface area contributed by atoms with Crippen molar-refractivity contribution in [3.8, 4) is 0 Å². The number of pyridine rings is 1. The Morgan fingerprint density at radius 2 is 2.28 bits per heavy atom. The molecule has 100 valence electrons. The highest BCUT2D eigenvalue weighted by Crippen LogP contribution is 2.25. The molecule has 0 aromatic carbocycles. The smallest absolute Gasteiger partial charge is 0.0543 e. The van der Waals surface area contributed by atoms with Crippen molar-refractivity contribution in [2.24, 2.45) is 5.73 Å². The molecule has 1 fully saturated rings. The number of nitrogens with two attached hydrogens (primary N) is 1. The molecule has 0 bridgehead atoms. The third-order valence-corrected chi connectivity index (χ3v) is 4.07. The van der Waals surface area contributed by atoms with E-state index in [4.69, 9.17) is 5.73 Å². The lowest BCUT2D eigenvalue weighted by molar-refractivity contribution is 0.0460. The number of rotatable bonds is 4. The summed E-state index contributed by atoms with van der Waals surface area (Å²) in [5.74, 6) is 0. The van der Waals surface area contributed by atoms with Crippen molar-refractivity contribution < 1.29 is 0 Å². The highest BCUT2D eigenvalue weighted by molar-refractivity contribution is 5.04. The summed E-state index contributed by atoms with van der Waals surface area (Å²) in [6.45, 7) is 3.83. The van der Waals surface area contributed by atoms with Crippen LogP contribution in [0.4, 0.5) is 0 Å². The Morgan fingerprint density at radius 3 is 2.89 bits per heavy atom. The fraction of sp³-hybridized carbons (Fsp3) is 0.643. The summed E-state index contributed by atoms with van der Waals surface area (Å²) < 4.78 is 0. The van der Waals surface area contributed by atoms with Crippen molar-refractivity contribution in [1.82, 2.24) is 14.8 Å². The second kappa shape index (κ2) is 5.78. The van der Waals surface area contributed by atoms with E-state index in [2.05, 4.69) is 41.0 Å². The zero-order valence-corrected chi connectivity index (χ0v) is 11.5. The van der Waals surface area contributed by atoms with Crippen molar-refractivity contribution in [3.63, 3.8) is 0 Å². The van der Waals surface area contributed by atoms with Crippen LogP contribution in [0.25, 0.3) is 0 Å². The molecule has 1 aliphatic heterocycles. The molecule has 4 nitrogen and oxygen atoms in total. The van der Waals surface area contributed by atoms with Crippen molar-refractivity contribution in [2.75, 3.05) is 33.7 Å². The van der Waals surface area contributed by atoms with Gasteiger partial charge in [0.25, 0.3) is 0 Å². The van der Waals surface area contributed by atoms with Gasteiger partial charge in [0.05, 0.1) is 5.69 Å². The highest BCUT2D eigenvalue weighted by Gasteiger charge is 2.36. The average Bonchev–Trinajstić information content (AvgIpc) is 2.40. The third kappa shape index (κ3) is 2.88. The number of likely N-dealkylation sites (tertiary alicyclic amines) is 1. The van der Waals surface area contributed by atoms with Gasteiger partial charge in [-0.15, -0.1) is 0 Å². The fourth-order valence-corrected chi connectivity index (χ4v) is 2.78. The van der Waals surface area contributed by atoms with Crippen LogP contribution in [0.3, 0.4) is 0 Å². The first-order valence-electron chi connectivity index (χ1n) is 6.66. The maximum absolute atomic E-state index is 6.01. The van der Waals surface area contributed by atoms with Gasteiger partial charge in [-0.2, -0.15) is 0 Å². The summed E-state index contributed by atoms with van der Waals surface area (Å²) in [6.07, 6.45) is 4.26. The Balaban J connectivity index is 2.02. The first-order valence-corrected chi connectivity index (χ1v) is 6.66. The zero-order valence-electron chi connectivity index (χ0n) is 11.5. The number of nitrogens with zero attached hydrogens (tertiary/aromatic N) is 3. The Bertz CT molecular complexity index is 365. The number of piperidine rings is 1. The van der Waals surface area contributed by atoms with Gasteiger partial charge in [0, 0.05) is 31.4 Å². The van der Waals surface area contributed by atoms with Crippen LogP contribution in [-0.2, 0) is 6.54 Å². The van der Waals surface area contributed by atoms with E-state index in [0.29, 0.717) is 0 Å². The molecule has 2 rings (SSSR count). The van der Waals surface area contributed by atoms with Crippen LogP contribution >= 0.6 is 0 Å². The number of likely N-dealkylation sites (N-methyl/N-ethyl adjacent to an activating group) is 1. The standard InChI is InChI=1S/C14H24N4/c1-17(2)14(11-15)7-5-9-18(12-14)10-13-6-3-4-8-16-13/h3-4,6,8H,5,7,9-12,15H2,1-2H3. The molecule has 0 radical (unpaired) electrons. The largest absolute Gasteiger partial charge is 0.329 e. The Hall–Kier alpha value is -0.970. The summed E-state index contributed by atoms with van der Waals surface area (Å²) in [7, 11) is 4.27. The first-order chi connectivity index (χ1) is 8.66. The predicted molar refractivity (Wildman–Crippen MR) is 74.2 cm³/mol. The van der Waals surface area contributed by atoms with Gasteiger partial charge in [0.15, 0.2) is 0 Å².